The van der Waals surface area contributed by atoms with Gasteiger partial charge in [-0.15, -0.1) is 0 Å². The molecule has 0 aliphatic rings. The van der Waals surface area contributed by atoms with Crippen LogP contribution in [0.25, 0.3) is 0 Å². The van der Waals surface area contributed by atoms with E-state index in [4.69, 9.17) is 0 Å². The molecule has 1 aromatic heterocycles. The first-order chi connectivity index (χ1) is 8.15. The van der Waals surface area contributed by atoms with Gasteiger partial charge in [-0.3, -0.25) is 4.79 Å². The van der Waals surface area contributed by atoms with Crippen molar-refractivity contribution in [3.63, 3.8) is 0 Å². The molecule has 0 aromatic carbocycles. The summed E-state index contributed by atoms with van der Waals surface area (Å²) in [7, 11) is 0. The summed E-state index contributed by atoms with van der Waals surface area (Å²) in [5, 5.41) is 0. The number of hydrogen-bond acceptors (Lipinski definition) is 2. The summed E-state index contributed by atoms with van der Waals surface area (Å²) in [5.41, 5.74) is 1.80. The van der Waals surface area contributed by atoms with Crippen LogP contribution in [0.2, 0.25) is 0 Å². The number of aromatic nitrogens is 2. The summed E-state index contributed by atoms with van der Waals surface area (Å²) in [4.78, 5) is 18.8. The lowest BCUT2D eigenvalue weighted by Crippen LogP contribution is -2.17. The molecule has 0 atom stereocenters. The minimum atomic E-state index is 0.0450. The van der Waals surface area contributed by atoms with Crippen LogP contribution in [0.15, 0.2) is 4.79 Å². The molecule has 0 aliphatic carbocycles. The van der Waals surface area contributed by atoms with Gasteiger partial charge in [0.1, 0.15) is 5.82 Å². The zero-order chi connectivity index (χ0) is 12.7. The Morgan fingerprint density at radius 2 is 1.71 bits per heavy atom. The van der Waals surface area contributed by atoms with E-state index in [0.29, 0.717) is 5.82 Å². The standard InChI is InChI=1S/C14H24N2O/c1-4-5-6-7-8-9-10-13-11(2)15-12(3)16-14(13)17/h4-10H2,1-3H3,(H,15,16,17). The Labute approximate surface area is 104 Å². The van der Waals surface area contributed by atoms with E-state index in [9.17, 15) is 4.79 Å². The maximum Gasteiger partial charge on any atom is 0.254 e. The van der Waals surface area contributed by atoms with Crippen molar-refractivity contribution in [3.05, 3.63) is 27.4 Å². The quantitative estimate of drug-likeness (QED) is 0.738. The number of aromatic amines is 1. The van der Waals surface area contributed by atoms with E-state index in [-0.39, 0.29) is 5.56 Å². The second kappa shape index (κ2) is 7.25. The van der Waals surface area contributed by atoms with Crippen molar-refractivity contribution in [2.45, 2.75) is 65.7 Å². The zero-order valence-electron chi connectivity index (χ0n) is 11.3. The Balaban J connectivity index is 2.39. The summed E-state index contributed by atoms with van der Waals surface area (Å²) in [6, 6.07) is 0. The van der Waals surface area contributed by atoms with Gasteiger partial charge < -0.3 is 4.98 Å². The van der Waals surface area contributed by atoms with Crippen molar-refractivity contribution in [2.75, 3.05) is 0 Å². The third kappa shape index (κ3) is 4.72. The van der Waals surface area contributed by atoms with Crippen LogP contribution in [0.3, 0.4) is 0 Å². The van der Waals surface area contributed by atoms with Gasteiger partial charge in [-0.25, -0.2) is 4.98 Å². The molecule has 0 fully saturated rings. The van der Waals surface area contributed by atoms with Crippen LogP contribution >= 0.6 is 0 Å². The van der Waals surface area contributed by atoms with Crippen molar-refractivity contribution in [3.8, 4) is 0 Å². The fourth-order valence-corrected chi connectivity index (χ4v) is 2.13. The van der Waals surface area contributed by atoms with Crippen molar-refractivity contribution in [1.29, 1.82) is 0 Å². The van der Waals surface area contributed by atoms with E-state index in [1.54, 1.807) is 0 Å². The summed E-state index contributed by atoms with van der Waals surface area (Å²) >= 11 is 0. The molecule has 0 bridgehead atoms. The normalized spacial score (nSPS) is 10.8. The van der Waals surface area contributed by atoms with Crippen molar-refractivity contribution in [1.82, 2.24) is 9.97 Å². The maximum atomic E-state index is 11.7. The molecule has 0 saturated carbocycles. The number of hydrogen-bond donors (Lipinski definition) is 1. The topological polar surface area (TPSA) is 45.8 Å². The summed E-state index contributed by atoms with van der Waals surface area (Å²) in [6.45, 7) is 5.97. The van der Waals surface area contributed by atoms with Gasteiger partial charge in [0.15, 0.2) is 0 Å². The van der Waals surface area contributed by atoms with Gasteiger partial charge in [0.2, 0.25) is 0 Å². The molecule has 1 rings (SSSR count). The number of H-pyrrole nitrogens is 1. The molecule has 96 valence electrons. The van der Waals surface area contributed by atoms with E-state index in [2.05, 4.69) is 16.9 Å². The first-order valence-corrected chi connectivity index (χ1v) is 6.71. The molecule has 0 aliphatic heterocycles. The number of aryl methyl sites for hydroxylation is 2. The lowest BCUT2D eigenvalue weighted by atomic mass is 10.1. The van der Waals surface area contributed by atoms with E-state index >= 15 is 0 Å². The van der Waals surface area contributed by atoms with Gasteiger partial charge in [-0.05, 0) is 26.7 Å². The van der Waals surface area contributed by atoms with E-state index in [1.165, 1.54) is 32.1 Å². The van der Waals surface area contributed by atoms with Crippen LogP contribution in [0.4, 0.5) is 0 Å². The molecule has 1 heterocycles. The van der Waals surface area contributed by atoms with Gasteiger partial charge in [0.05, 0.1) is 0 Å². The van der Waals surface area contributed by atoms with E-state index in [1.807, 2.05) is 13.8 Å². The largest absolute Gasteiger partial charge is 0.311 e. The van der Waals surface area contributed by atoms with Crippen LogP contribution < -0.4 is 5.56 Å². The van der Waals surface area contributed by atoms with Crippen LogP contribution in [0.5, 0.6) is 0 Å². The summed E-state index contributed by atoms with van der Waals surface area (Å²) in [6.07, 6.45) is 8.38. The summed E-state index contributed by atoms with van der Waals surface area (Å²) in [5.74, 6) is 0.708. The van der Waals surface area contributed by atoms with Crippen LogP contribution in [-0.2, 0) is 6.42 Å². The van der Waals surface area contributed by atoms with Crippen LogP contribution in [-0.4, -0.2) is 9.97 Å². The van der Waals surface area contributed by atoms with E-state index in [0.717, 1.165) is 24.1 Å². The Morgan fingerprint density at radius 3 is 2.35 bits per heavy atom. The minimum absolute atomic E-state index is 0.0450. The molecule has 3 nitrogen and oxygen atoms in total. The average Bonchev–Trinajstić information content (AvgIpc) is 2.26. The van der Waals surface area contributed by atoms with Gasteiger partial charge in [0.25, 0.3) is 5.56 Å². The molecule has 0 saturated heterocycles. The Bertz CT molecular complexity index is 396. The molecule has 0 spiro atoms. The molecule has 0 radical (unpaired) electrons. The number of rotatable bonds is 7. The van der Waals surface area contributed by atoms with Gasteiger partial charge >= 0.3 is 0 Å². The maximum absolute atomic E-state index is 11.7. The zero-order valence-corrected chi connectivity index (χ0v) is 11.3. The molecule has 0 amide bonds. The van der Waals surface area contributed by atoms with Gasteiger partial charge in [-0.1, -0.05) is 39.0 Å². The SMILES string of the molecule is CCCCCCCCc1c(C)nc(C)[nH]c1=O. The Morgan fingerprint density at radius 1 is 1.06 bits per heavy atom. The smallest absolute Gasteiger partial charge is 0.254 e. The minimum Gasteiger partial charge on any atom is -0.311 e. The van der Waals surface area contributed by atoms with Crippen LogP contribution in [0, 0.1) is 13.8 Å². The first-order valence-electron chi connectivity index (χ1n) is 6.71. The second-order valence-corrected chi connectivity index (χ2v) is 4.73. The Kier molecular flexibility index (Phi) is 5.95. The highest BCUT2D eigenvalue weighted by Crippen LogP contribution is 2.09. The number of nitrogens with one attached hydrogen (secondary N) is 1. The highest BCUT2D eigenvalue weighted by molar-refractivity contribution is 5.16. The van der Waals surface area contributed by atoms with Crippen molar-refractivity contribution in [2.24, 2.45) is 0 Å². The molecular formula is C14H24N2O. The molecule has 1 aromatic rings. The lowest BCUT2D eigenvalue weighted by Gasteiger charge is -2.05. The number of unbranched alkanes of at least 4 members (excludes halogenated alkanes) is 5. The molecular weight excluding hydrogens is 212 g/mol. The average molecular weight is 236 g/mol. The highest BCUT2D eigenvalue weighted by Gasteiger charge is 2.05. The van der Waals surface area contributed by atoms with Gasteiger partial charge in [0, 0.05) is 11.3 Å². The van der Waals surface area contributed by atoms with Crippen LogP contribution in [0.1, 0.15) is 62.5 Å². The molecule has 3 heteroatoms. The predicted molar refractivity (Wildman–Crippen MR) is 71.4 cm³/mol. The lowest BCUT2D eigenvalue weighted by molar-refractivity contribution is 0.605. The summed E-state index contributed by atoms with van der Waals surface area (Å²) < 4.78 is 0. The highest BCUT2D eigenvalue weighted by atomic mass is 16.1. The fraction of sp³-hybridized carbons (Fsp3) is 0.714. The Hall–Kier alpha value is -1.12. The third-order valence-corrected chi connectivity index (χ3v) is 3.12. The fourth-order valence-electron chi connectivity index (χ4n) is 2.13. The predicted octanol–water partition coefficient (Wildman–Crippen LogP) is 3.29. The number of nitrogens with zero attached hydrogens (tertiary/aromatic N) is 1. The third-order valence-electron chi connectivity index (χ3n) is 3.12. The molecule has 1 N–H and O–H groups in total. The van der Waals surface area contributed by atoms with E-state index < -0.39 is 0 Å². The van der Waals surface area contributed by atoms with Crippen molar-refractivity contribution >= 4 is 0 Å². The van der Waals surface area contributed by atoms with Crippen molar-refractivity contribution < 1.29 is 0 Å². The molecule has 0 unspecified atom stereocenters. The molecule has 17 heavy (non-hydrogen) atoms. The van der Waals surface area contributed by atoms with Gasteiger partial charge in [-0.2, -0.15) is 0 Å². The second-order valence-electron chi connectivity index (χ2n) is 4.73. The monoisotopic (exact) mass is 236 g/mol. The first kappa shape index (κ1) is 13.9.